The number of hydrogen-bond acceptors (Lipinski definition) is 4. The Morgan fingerprint density at radius 3 is 2.65 bits per heavy atom. The summed E-state index contributed by atoms with van der Waals surface area (Å²) < 4.78 is 10.8. The second kappa shape index (κ2) is 5.06. The predicted molar refractivity (Wildman–Crippen MR) is 78.4 cm³/mol. The summed E-state index contributed by atoms with van der Waals surface area (Å²) in [6.07, 6.45) is 2.40. The highest BCUT2D eigenvalue weighted by atomic mass is 35.5. The smallest absolute Gasteiger partial charge is 0.180 e. The van der Waals surface area contributed by atoms with E-state index in [2.05, 4.69) is 5.16 Å². The first kappa shape index (κ1) is 12.8. The van der Waals surface area contributed by atoms with Gasteiger partial charge >= 0.3 is 0 Å². The topological polar surface area (TPSA) is 65.2 Å². The molecule has 2 aromatic heterocycles. The van der Waals surface area contributed by atoms with Gasteiger partial charge in [0, 0.05) is 11.4 Å². The highest BCUT2D eigenvalue weighted by Gasteiger charge is 2.21. The van der Waals surface area contributed by atoms with Gasteiger partial charge < -0.3 is 14.7 Å². The van der Waals surface area contributed by atoms with Crippen LogP contribution < -0.4 is 5.73 Å². The molecule has 0 fully saturated rings. The molecule has 0 amide bonds. The van der Waals surface area contributed by atoms with Crippen LogP contribution in [0.15, 0.2) is 45.5 Å². The lowest BCUT2D eigenvalue weighted by Crippen LogP contribution is -1.89. The molecule has 2 N–H and O–H groups in total. The van der Waals surface area contributed by atoms with E-state index in [-0.39, 0.29) is 0 Å². The van der Waals surface area contributed by atoms with Crippen LogP contribution in [0.25, 0.3) is 22.5 Å². The van der Waals surface area contributed by atoms with Crippen LogP contribution in [-0.2, 0) is 6.42 Å². The number of aryl methyl sites for hydroxylation is 1. The van der Waals surface area contributed by atoms with Gasteiger partial charge in [-0.3, -0.25) is 0 Å². The maximum Gasteiger partial charge on any atom is 0.180 e. The number of halogens is 1. The van der Waals surface area contributed by atoms with Gasteiger partial charge in [0.05, 0.1) is 17.4 Å². The molecule has 0 saturated carbocycles. The molecule has 0 unspecified atom stereocenters. The van der Waals surface area contributed by atoms with Gasteiger partial charge in [-0.25, -0.2) is 0 Å². The van der Waals surface area contributed by atoms with Gasteiger partial charge in [-0.15, -0.1) is 0 Å². The molecule has 4 nitrogen and oxygen atoms in total. The molecule has 0 spiro atoms. The van der Waals surface area contributed by atoms with Gasteiger partial charge in [-0.2, -0.15) is 0 Å². The number of rotatable bonds is 3. The molecule has 3 rings (SSSR count). The number of benzene rings is 1. The molecule has 0 aliphatic rings. The Kier molecular flexibility index (Phi) is 3.24. The van der Waals surface area contributed by atoms with Crippen molar-refractivity contribution in [2.45, 2.75) is 13.3 Å². The molecule has 20 heavy (non-hydrogen) atoms. The first-order valence-corrected chi connectivity index (χ1v) is 6.66. The second-order valence-electron chi connectivity index (χ2n) is 4.39. The summed E-state index contributed by atoms with van der Waals surface area (Å²) in [7, 11) is 0. The molecule has 1 aromatic carbocycles. The summed E-state index contributed by atoms with van der Waals surface area (Å²) >= 11 is 5.91. The van der Waals surface area contributed by atoms with E-state index in [0.29, 0.717) is 16.6 Å². The third kappa shape index (κ3) is 2.08. The zero-order valence-corrected chi connectivity index (χ0v) is 11.6. The fraction of sp³-hybridized carbons (Fsp3) is 0.133. The lowest BCUT2D eigenvalue weighted by atomic mass is 10.0. The van der Waals surface area contributed by atoms with Crippen molar-refractivity contribution in [2.75, 3.05) is 5.73 Å². The number of nitrogens with two attached hydrogens (primary N) is 1. The third-order valence-corrected chi connectivity index (χ3v) is 3.41. The Balaban J connectivity index is 2.17. The highest BCUT2D eigenvalue weighted by molar-refractivity contribution is 6.30. The van der Waals surface area contributed by atoms with Crippen molar-refractivity contribution in [3.63, 3.8) is 0 Å². The molecule has 0 aliphatic carbocycles. The summed E-state index contributed by atoms with van der Waals surface area (Å²) in [5.74, 6) is 1.82. The van der Waals surface area contributed by atoms with Crippen molar-refractivity contribution >= 4 is 17.4 Å². The molecule has 5 heteroatoms. The van der Waals surface area contributed by atoms with Crippen LogP contribution in [-0.4, -0.2) is 5.16 Å². The lowest BCUT2D eigenvalue weighted by molar-refractivity contribution is 0.433. The normalized spacial score (nSPS) is 10.9. The van der Waals surface area contributed by atoms with E-state index in [0.717, 1.165) is 28.9 Å². The number of aromatic nitrogens is 1. The summed E-state index contributed by atoms with van der Waals surface area (Å²) in [5.41, 5.74) is 8.49. The molecule has 0 saturated heterocycles. The van der Waals surface area contributed by atoms with Gasteiger partial charge in [0.25, 0.3) is 0 Å². The van der Waals surface area contributed by atoms with Gasteiger partial charge in [-0.1, -0.05) is 35.8 Å². The standard InChI is InChI=1S/C15H13ClN2O2/c1-2-12-11(7-8-19-12)14-13(15(17)18-20-14)9-3-5-10(16)6-4-9/h3-8H,2H2,1H3,(H2,17,18). The molecule has 3 aromatic rings. The Labute approximate surface area is 121 Å². The van der Waals surface area contributed by atoms with Crippen LogP contribution in [0.1, 0.15) is 12.7 Å². The first-order valence-electron chi connectivity index (χ1n) is 6.28. The minimum Gasteiger partial charge on any atom is -0.469 e. The maximum absolute atomic E-state index is 5.94. The van der Waals surface area contributed by atoms with E-state index in [1.165, 1.54) is 0 Å². The van der Waals surface area contributed by atoms with Crippen molar-refractivity contribution in [1.82, 2.24) is 5.16 Å². The van der Waals surface area contributed by atoms with Crippen LogP contribution >= 0.6 is 11.6 Å². The summed E-state index contributed by atoms with van der Waals surface area (Å²) in [6.45, 7) is 2.02. The van der Waals surface area contributed by atoms with Crippen LogP contribution in [0, 0.1) is 0 Å². The third-order valence-electron chi connectivity index (χ3n) is 3.16. The minimum absolute atomic E-state index is 0.352. The van der Waals surface area contributed by atoms with E-state index >= 15 is 0 Å². The van der Waals surface area contributed by atoms with Crippen LogP contribution in [0.2, 0.25) is 5.02 Å². The van der Waals surface area contributed by atoms with Crippen molar-refractivity contribution in [1.29, 1.82) is 0 Å². The largest absolute Gasteiger partial charge is 0.469 e. The Hall–Kier alpha value is -2.20. The van der Waals surface area contributed by atoms with Crippen LogP contribution in [0.5, 0.6) is 0 Å². The zero-order chi connectivity index (χ0) is 14.1. The summed E-state index contributed by atoms with van der Waals surface area (Å²) in [5, 5.41) is 4.54. The quantitative estimate of drug-likeness (QED) is 0.776. The van der Waals surface area contributed by atoms with E-state index in [9.17, 15) is 0 Å². The van der Waals surface area contributed by atoms with Crippen molar-refractivity contribution in [3.8, 4) is 22.5 Å². The van der Waals surface area contributed by atoms with Crippen molar-refractivity contribution in [2.24, 2.45) is 0 Å². The fourth-order valence-corrected chi connectivity index (χ4v) is 2.32. The second-order valence-corrected chi connectivity index (χ2v) is 4.83. The molecule has 0 atom stereocenters. The van der Waals surface area contributed by atoms with Crippen molar-refractivity contribution < 1.29 is 8.94 Å². The fourth-order valence-electron chi connectivity index (χ4n) is 2.20. The highest BCUT2D eigenvalue weighted by Crippen LogP contribution is 2.38. The SMILES string of the molecule is CCc1occc1-c1onc(N)c1-c1ccc(Cl)cc1. The average Bonchev–Trinajstić information content (AvgIpc) is 3.05. The molecular formula is C15H13ClN2O2. The van der Waals surface area contributed by atoms with E-state index in [4.69, 9.17) is 26.3 Å². The predicted octanol–water partition coefficient (Wildman–Crippen LogP) is 4.40. The molecule has 0 aliphatic heterocycles. The number of furan rings is 1. The van der Waals surface area contributed by atoms with Gasteiger partial charge in [0.1, 0.15) is 5.76 Å². The number of nitrogen functional groups attached to an aromatic ring is 1. The van der Waals surface area contributed by atoms with Crippen LogP contribution in [0.3, 0.4) is 0 Å². The molecule has 0 radical (unpaired) electrons. The van der Waals surface area contributed by atoms with E-state index in [1.54, 1.807) is 6.26 Å². The lowest BCUT2D eigenvalue weighted by Gasteiger charge is -2.02. The summed E-state index contributed by atoms with van der Waals surface area (Å²) in [4.78, 5) is 0. The van der Waals surface area contributed by atoms with Gasteiger partial charge in [-0.05, 0) is 23.8 Å². The molecule has 0 bridgehead atoms. The Morgan fingerprint density at radius 2 is 1.95 bits per heavy atom. The van der Waals surface area contributed by atoms with Crippen molar-refractivity contribution in [3.05, 3.63) is 47.4 Å². The number of anilines is 1. The van der Waals surface area contributed by atoms with Crippen LogP contribution in [0.4, 0.5) is 5.82 Å². The first-order chi connectivity index (χ1) is 9.70. The molecular weight excluding hydrogens is 276 g/mol. The maximum atomic E-state index is 5.94. The average molecular weight is 289 g/mol. The molecule has 102 valence electrons. The Bertz CT molecular complexity index is 729. The monoisotopic (exact) mass is 288 g/mol. The number of nitrogens with zero attached hydrogens (tertiary/aromatic N) is 1. The number of hydrogen-bond donors (Lipinski definition) is 1. The molecule has 2 heterocycles. The Morgan fingerprint density at radius 1 is 1.20 bits per heavy atom. The summed E-state index contributed by atoms with van der Waals surface area (Å²) in [6, 6.07) is 9.26. The van der Waals surface area contributed by atoms with Gasteiger partial charge in [0.15, 0.2) is 11.6 Å². The van der Waals surface area contributed by atoms with Gasteiger partial charge in [0.2, 0.25) is 0 Å². The van der Waals surface area contributed by atoms with E-state index in [1.807, 2.05) is 37.3 Å². The zero-order valence-electron chi connectivity index (χ0n) is 10.9. The minimum atomic E-state index is 0.352. The van der Waals surface area contributed by atoms with E-state index < -0.39 is 0 Å².